The Hall–Kier alpha value is 0.0700. The van der Waals surface area contributed by atoms with Crippen LogP contribution in [0, 0.1) is 0 Å². The molecule has 0 bridgehead atoms. The summed E-state index contributed by atoms with van der Waals surface area (Å²) < 4.78 is 15.5. The Morgan fingerprint density at radius 1 is 1.50 bits per heavy atom. The van der Waals surface area contributed by atoms with Crippen LogP contribution >= 0.6 is 7.82 Å². The summed E-state index contributed by atoms with van der Waals surface area (Å²) in [6, 6.07) is 0.0782. The number of nitrogens with zero attached hydrogens (tertiary/aromatic N) is 1. The predicted molar refractivity (Wildman–Crippen MR) is 52.5 cm³/mol. The molecule has 0 saturated carbocycles. The molecule has 86 valence electrons. The van der Waals surface area contributed by atoms with Crippen LogP contribution in [0.3, 0.4) is 0 Å². The van der Waals surface area contributed by atoms with E-state index in [9.17, 15) is 9.46 Å². The van der Waals surface area contributed by atoms with Crippen molar-refractivity contribution in [3.05, 3.63) is 0 Å². The number of quaternary nitrogens is 1. The topological polar surface area (TPSA) is 69.6 Å². The largest absolute Gasteiger partial charge is 0.756 e. The normalized spacial score (nSPS) is 19.0. The molecule has 0 amide bonds. The van der Waals surface area contributed by atoms with E-state index >= 15 is 0 Å². The highest BCUT2D eigenvalue weighted by molar-refractivity contribution is 7.44. The summed E-state index contributed by atoms with van der Waals surface area (Å²) >= 11 is 0. The molecule has 0 spiro atoms. The van der Waals surface area contributed by atoms with E-state index in [2.05, 4.69) is 4.52 Å². The molecule has 0 saturated heterocycles. The molecule has 0 aromatic rings. The first-order valence-corrected chi connectivity index (χ1v) is 6.16. The zero-order valence-corrected chi connectivity index (χ0v) is 10.2. The van der Waals surface area contributed by atoms with Crippen molar-refractivity contribution in [2.24, 2.45) is 0 Å². The predicted octanol–water partition coefficient (Wildman–Crippen LogP) is 0.339. The van der Waals surface area contributed by atoms with Gasteiger partial charge in [0.25, 0.3) is 7.82 Å². The monoisotopic (exact) mass is 225 g/mol. The van der Waals surface area contributed by atoms with Gasteiger partial charge in [0.05, 0.1) is 21.1 Å². The van der Waals surface area contributed by atoms with E-state index in [1.807, 2.05) is 28.1 Å². The van der Waals surface area contributed by atoms with Gasteiger partial charge in [0.2, 0.25) is 0 Å². The van der Waals surface area contributed by atoms with Gasteiger partial charge in [-0.2, -0.15) is 0 Å². The lowest BCUT2D eigenvalue weighted by atomic mass is 10.1. The summed E-state index contributed by atoms with van der Waals surface area (Å²) in [4.78, 5) is 18.9. The fourth-order valence-electron chi connectivity index (χ4n) is 1.21. The van der Waals surface area contributed by atoms with Crippen molar-refractivity contribution >= 4 is 7.82 Å². The first-order valence-electron chi connectivity index (χ1n) is 4.66. The molecule has 0 aliphatic rings. The van der Waals surface area contributed by atoms with Gasteiger partial charge in [-0.15, -0.1) is 0 Å². The Kier molecular flexibility index (Phi) is 5.26. The van der Waals surface area contributed by atoms with Crippen molar-refractivity contribution in [1.82, 2.24) is 0 Å². The quantitative estimate of drug-likeness (QED) is 0.522. The smallest absolute Gasteiger partial charge is 0.265 e. The molecule has 0 radical (unpaired) electrons. The number of hydrogen-bond donors (Lipinski definition) is 1. The van der Waals surface area contributed by atoms with Gasteiger partial charge in [0, 0.05) is 6.42 Å². The lowest BCUT2D eigenvalue weighted by Crippen LogP contribution is -2.47. The van der Waals surface area contributed by atoms with Crippen LogP contribution in [0.5, 0.6) is 0 Å². The number of hydrogen-bond acceptors (Lipinski definition) is 3. The van der Waals surface area contributed by atoms with Gasteiger partial charge in [-0.25, -0.2) is 0 Å². The second-order valence-electron chi connectivity index (χ2n) is 4.32. The van der Waals surface area contributed by atoms with E-state index < -0.39 is 7.82 Å². The van der Waals surface area contributed by atoms with Gasteiger partial charge in [0.15, 0.2) is 0 Å². The minimum Gasteiger partial charge on any atom is -0.756 e. The molecule has 0 aliphatic carbocycles. The Labute approximate surface area is 85.5 Å². The second kappa shape index (κ2) is 5.24. The zero-order valence-electron chi connectivity index (χ0n) is 9.27. The molecule has 2 atom stereocenters. The minimum atomic E-state index is -4.57. The summed E-state index contributed by atoms with van der Waals surface area (Å²) in [7, 11) is 1.33. The lowest BCUT2D eigenvalue weighted by Gasteiger charge is -2.34. The summed E-state index contributed by atoms with van der Waals surface area (Å²) in [5, 5.41) is 0. The molecule has 14 heavy (non-hydrogen) atoms. The molecule has 5 nitrogen and oxygen atoms in total. The molecule has 0 aromatic heterocycles. The van der Waals surface area contributed by atoms with Crippen molar-refractivity contribution in [3.63, 3.8) is 0 Å². The molecule has 0 fully saturated rings. The highest BCUT2D eigenvalue weighted by Gasteiger charge is 2.24. The van der Waals surface area contributed by atoms with E-state index in [0.29, 0.717) is 4.48 Å². The molecule has 0 rings (SSSR count). The maximum Gasteiger partial charge on any atom is 0.265 e. The van der Waals surface area contributed by atoms with Crippen LogP contribution in [0.25, 0.3) is 0 Å². The van der Waals surface area contributed by atoms with Gasteiger partial charge in [-0.05, 0) is 0 Å². The second-order valence-corrected chi connectivity index (χ2v) is 5.52. The standard InChI is InChI=1S/C8H20NO4P/c1-5-6-8(9(2,3)4)7-13-14(10,11)12/h8H,5-7H2,1-4H3,(H-,10,11,12). The van der Waals surface area contributed by atoms with Crippen molar-refractivity contribution in [2.75, 3.05) is 27.7 Å². The molecule has 0 heterocycles. The van der Waals surface area contributed by atoms with Crippen LogP contribution in [-0.4, -0.2) is 43.2 Å². The zero-order chi connectivity index (χ0) is 11.4. The van der Waals surface area contributed by atoms with Gasteiger partial charge in [-0.3, -0.25) is 4.57 Å². The third-order valence-electron chi connectivity index (χ3n) is 2.15. The average molecular weight is 225 g/mol. The Bertz CT molecular complexity index is 208. The van der Waals surface area contributed by atoms with Crippen LogP contribution in [0.1, 0.15) is 19.8 Å². The molecular weight excluding hydrogens is 205 g/mol. The SMILES string of the molecule is CCCC(COP(=O)([O-])O)[N+](C)(C)C. The minimum absolute atomic E-state index is 0.0363. The highest BCUT2D eigenvalue weighted by atomic mass is 31.2. The third-order valence-corrected chi connectivity index (χ3v) is 2.62. The Balaban J connectivity index is 4.18. The number of phosphoric acid groups is 1. The maximum atomic E-state index is 10.4. The summed E-state index contributed by atoms with van der Waals surface area (Å²) in [6.07, 6.45) is 1.82. The van der Waals surface area contributed by atoms with Gasteiger partial charge < -0.3 is 18.8 Å². The lowest BCUT2D eigenvalue weighted by molar-refractivity contribution is -0.896. The molecule has 2 unspecified atom stereocenters. The first kappa shape index (κ1) is 14.1. The molecule has 6 heteroatoms. The molecule has 0 aliphatic heterocycles. The van der Waals surface area contributed by atoms with Gasteiger partial charge in [-0.1, -0.05) is 13.3 Å². The summed E-state index contributed by atoms with van der Waals surface area (Å²) in [5.41, 5.74) is 0. The van der Waals surface area contributed by atoms with Crippen LogP contribution < -0.4 is 4.89 Å². The van der Waals surface area contributed by atoms with Crippen LogP contribution in [0.4, 0.5) is 0 Å². The van der Waals surface area contributed by atoms with Crippen molar-refractivity contribution in [2.45, 2.75) is 25.8 Å². The van der Waals surface area contributed by atoms with Crippen molar-refractivity contribution in [1.29, 1.82) is 0 Å². The Morgan fingerprint density at radius 2 is 2.00 bits per heavy atom. The molecule has 0 aromatic carbocycles. The van der Waals surface area contributed by atoms with Crippen LogP contribution in [-0.2, 0) is 9.09 Å². The van der Waals surface area contributed by atoms with Crippen molar-refractivity contribution < 1.29 is 23.4 Å². The molecular formula is C8H20NO4P. The van der Waals surface area contributed by atoms with E-state index in [4.69, 9.17) is 4.89 Å². The maximum absolute atomic E-state index is 10.4. The number of likely N-dealkylation sites (N-methyl/N-ethyl adjacent to an activating group) is 1. The Morgan fingerprint density at radius 3 is 2.29 bits per heavy atom. The number of rotatable bonds is 6. The van der Waals surface area contributed by atoms with Gasteiger partial charge in [0.1, 0.15) is 12.6 Å². The van der Waals surface area contributed by atoms with E-state index in [-0.39, 0.29) is 12.6 Å². The van der Waals surface area contributed by atoms with Crippen molar-refractivity contribution in [3.8, 4) is 0 Å². The van der Waals surface area contributed by atoms with Gasteiger partial charge >= 0.3 is 0 Å². The highest BCUT2D eigenvalue weighted by Crippen LogP contribution is 2.31. The van der Waals surface area contributed by atoms with Crippen LogP contribution in [0.15, 0.2) is 0 Å². The summed E-state index contributed by atoms with van der Waals surface area (Å²) in [6.45, 7) is 2.06. The average Bonchev–Trinajstić information content (AvgIpc) is 1.93. The third kappa shape index (κ3) is 6.51. The fraction of sp³-hybridized carbons (Fsp3) is 1.00. The molecule has 1 N–H and O–H groups in total. The first-order chi connectivity index (χ1) is 6.17. The fourth-order valence-corrected chi connectivity index (χ4v) is 1.57. The number of phosphoric ester groups is 1. The van der Waals surface area contributed by atoms with E-state index in [0.717, 1.165) is 12.8 Å². The van der Waals surface area contributed by atoms with Crippen LogP contribution in [0.2, 0.25) is 0 Å². The summed E-state index contributed by atoms with van der Waals surface area (Å²) in [5.74, 6) is 0. The van der Waals surface area contributed by atoms with E-state index in [1.165, 1.54) is 0 Å². The van der Waals surface area contributed by atoms with E-state index in [1.54, 1.807) is 0 Å².